The van der Waals surface area contributed by atoms with E-state index in [1.54, 1.807) is 23.2 Å². The zero-order valence-electron chi connectivity index (χ0n) is 11.6. The maximum atomic E-state index is 12.4. The molecule has 1 amide bonds. The first-order valence-electron chi connectivity index (χ1n) is 6.99. The van der Waals surface area contributed by atoms with E-state index >= 15 is 0 Å². The summed E-state index contributed by atoms with van der Waals surface area (Å²) >= 11 is 0. The Morgan fingerprint density at radius 1 is 1.24 bits per heavy atom. The Kier molecular flexibility index (Phi) is 4.12. The number of amides is 1. The summed E-state index contributed by atoms with van der Waals surface area (Å²) < 4.78 is 5.40. The van der Waals surface area contributed by atoms with Crippen LogP contribution in [-0.4, -0.2) is 35.6 Å². The topological polar surface area (TPSA) is 54.5 Å². The molecular weight excluding hydrogens is 266 g/mol. The lowest BCUT2D eigenvalue weighted by Gasteiger charge is -2.35. The molecule has 1 aliphatic heterocycles. The second kappa shape index (κ2) is 6.37. The van der Waals surface area contributed by atoms with Gasteiger partial charge in [0.05, 0.1) is 12.2 Å². The van der Waals surface area contributed by atoms with Gasteiger partial charge in [-0.15, -0.1) is 0 Å². The molecule has 1 N–H and O–H groups in total. The van der Waals surface area contributed by atoms with Gasteiger partial charge in [-0.05, 0) is 17.7 Å². The van der Waals surface area contributed by atoms with E-state index in [1.165, 1.54) is 6.20 Å². The number of ether oxygens (including phenoxy) is 1. The Morgan fingerprint density at radius 3 is 2.86 bits per heavy atom. The highest BCUT2D eigenvalue weighted by Gasteiger charge is 2.29. The van der Waals surface area contributed by atoms with Crippen molar-refractivity contribution in [3.63, 3.8) is 0 Å². The van der Waals surface area contributed by atoms with Crippen LogP contribution in [0.3, 0.4) is 0 Å². The second-order valence-corrected chi connectivity index (χ2v) is 4.88. The number of carbonyl (C=O) groups is 1. The Hall–Kier alpha value is -2.40. The van der Waals surface area contributed by atoms with Crippen molar-refractivity contribution >= 4 is 6.09 Å². The van der Waals surface area contributed by atoms with E-state index in [4.69, 9.17) is 4.74 Å². The predicted octanol–water partition coefficient (Wildman–Crippen LogP) is 2.23. The summed E-state index contributed by atoms with van der Waals surface area (Å²) in [6.07, 6.45) is 2.85. The average Bonchev–Trinajstić information content (AvgIpc) is 2.56. The molecule has 1 aromatic carbocycles. The Balaban J connectivity index is 1.76. The molecule has 1 atom stereocenters. The molecule has 0 aliphatic carbocycles. The lowest BCUT2D eigenvalue weighted by Crippen LogP contribution is -2.49. The molecule has 0 radical (unpaired) electrons. The molecule has 3 rings (SSSR count). The van der Waals surface area contributed by atoms with E-state index in [0.29, 0.717) is 12.3 Å². The molecular formula is C16H17N3O2. The van der Waals surface area contributed by atoms with Gasteiger partial charge in [0.2, 0.25) is 0 Å². The molecule has 1 aliphatic rings. The van der Waals surface area contributed by atoms with Crippen LogP contribution >= 0.6 is 0 Å². The lowest BCUT2D eigenvalue weighted by atomic mass is 10.0. The molecule has 0 saturated carbocycles. The zero-order chi connectivity index (χ0) is 14.5. The molecule has 0 spiro atoms. The number of carbonyl (C=O) groups excluding carboxylic acids is 1. The van der Waals surface area contributed by atoms with Gasteiger partial charge >= 0.3 is 6.09 Å². The summed E-state index contributed by atoms with van der Waals surface area (Å²) in [4.78, 5) is 18.1. The lowest BCUT2D eigenvalue weighted by molar-refractivity contribution is 0.118. The molecule has 5 heteroatoms. The smallest absolute Gasteiger partial charge is 0.409 e. The van der Waals surface area contributed by atoms with Crippen molar-refractivity contribution in [3.05, 3.63) is 60.4 Å². The van der Waals surface area contributed by atoms with Gasteiger partial charge in [-0.1, -0.05) is 30.3 Å². The molecule has 21 heavy (non-hydrogen) atoms. The second-order valence-electron chi connectivity index (χ2n) is 4.88. The van der Waals surface area contributed by atoms with Crippen molar-refractivity contribution in [2.75, 3.05) is 19.6 Å². The van der Waals surface area contributed by atoms with Crippen LogP contribution in [0.1, 0.15) is 11.6 Å². The van der Waals surface area contributed by atoms with E-state index in [9.17, 15) is 4.79 Å². The van der Waals surface area contributed by atoms with Crippen LogP contribution in [-0.2, 0) is 0 Å². The number of piperazine rings is 1. The summed E-state index contributed by atoms with van der Waals surface area (Å²) in [5.74, 6) is 0.466. The molecule has 1 aromatic heterocycles. The molecule has 1 fully saturated rings. The highest BCUT2D eigenvalue weighted by atomic mass is 16.6. The van der Waals surface area contributed by atoms with Crippen LogP contribution < -0.4 is 10.1 Å². The van der Waals surface area contributed by atoms with Gasteiger partial charge in [-0.25, -0.2) is 4.79 Å². The normalized spacial score (nSPS) is 18.3. The first-order valence-corrected chi connectivity index (χ1v) is 6.99. The molecule has 108 valence electrons. The minimum Gasteiger partial charge on any atom is -0.409 e. The zero-order valence-corrected chi connectivity index (χ0v) is 11.6. The van der Waals surface area contributed by atoms with E-state index in [1.807, 2.05) is 30.3 Å². The third-order valence-electron chi connectivity index (χ3n) is 3.50. The number of pyridine rings is 1. The molecule has 0 bridgehead atoms. The molecule has 0 unspecified atom stereocenters. The minimum atomic E-state index is -0.335. The molecule has 2 heterocycles. The number of hydrogen-bond donors (Lipinski definition) is 1. The number of hydrogen-bond acceptors (Lipinski definition) is 4. The van der Waals surface area contributed by atoms with Gasteiger partial charge in [0, 0.05) is 25.8 Å². The number of nitrogens with one attached hydrogen (secondary N) is 1. The van der Waals surface area contributed by atoms with Gasteiger partial charge in [0.25, 0.3) is 0 Å². The first-order chi connectivity index (χ1) is 10.3. The summed E-state index contributed by atoms with van der Waals surface area (Å²) in [5, 5.41) is 3.32. The first kappa shape index (κ1) is 13.6. The molecule has 1 saturated heterocycles. The summed E-state index contributed by atoms with van der Waals surface area (Å²) in [6, 6.07) is 13.5. The van der Waals surface area contributed by atoms with Crippen LogP contribution in [0.4, 0.5) is 4.79 Å². The van der Waals surface area contributed by atoms with E-state index < -0.39 is 0 Å². The van der Waals surface area contributed by atoms with Crippen molar-refractivity contribution in [2.45, 2.75) is 6.04 Å². The van der Waals surface area contributed by atoms with Crippen molar-refractivity contribution in [3.8, 4) is 5.75 Å². The summed E-state index contributed by atoms with van der Waals surface area (Å²) in [7, 11) is 0. The molecule has 5 nitrogen and oxygen atoms in total. The standard InChI is InChI=1S/C16H17N3O2/c20-16(21-14-7-4-8-17-11-14)19-10-9-18-12-15(19)13-5-2-1-3-6-13/h1-8,11,15,18H,9-10,12H2/t15-/m0/s1. The minimum absolute atomic E-state index is 0.0101. The Bertz CT molecular complexity index is 589. The third kappa shape index (κ3) is 3.20. The number of nitrogens with zero attached hydrogens (tertiary/aromatic N) is 2. The monoisotopic (exact) mass is 283 g/mol. The fraction of sp³-hybridized carbons (Fsp3) is 0.250. The van der Waals surface area contributed by atoms with Crippen LogP contribution in [0, 0.1) is 0 Å². The van der Waals surface area contributed by atoms with E-state index in [-0.39, 0.29) is 12.1 Å². The fourth-order valence-electron chi connectivity index (χ4n) is 2.46. The van der Waals surface area contributed by atoms with Crippen LogP contribution in [0.25, 0.3) is 0 Å². The largest absolute Gasteiger partial charge is 0.415 e. The maximum absolute atomic E-state index is 12.4. The van der Waals surface area contributed by atoms with Crippen LogP contribution in [0.2, 0.25) is 0 Å². The van der Waals surface area contributed by atoms with Gasteiger partial charge < -0.3 is 10.1 Å². The van der Waals surface area contributed by atoms with Gasteiger partial charge in [-0.2, -0.15) is 0 Å². The Labute approximate surface area is 123 Å². The van der Waals surface area contributed by atoms with Gasteiger partial charge in [0.1, 0.15) is 0 Å². The van der Waals surface area contributed by atoms with E-state index in [2.05, 4.69) is 10.3 Å². The predicted molar refractivity (Wildman–Crippen MR) is 79.0 cm³/mol. The number of benzene rings is 1. The van der Waals surface area contributed by atoms with Crippen molar-refractivity contribution < 1.29 is 9.53 Å². The summed E-state index contributed by atoms with van der Waals surface area (Å²) in [5.41, 5.74) is 1.10. The Morgan fingerprint density at radius 2 is 2.10 bits per heavy atom. The van der Waals surface area contributed by atoms with Gasteiger partial charge in [-0.3, -0.25) is 9.88 Å². The average molecular weight is 283 g/mol. The quantitative estimate of drug-likeness (QED) is 0.918. The third-order valence-corrected chi connectivity index (χ3v) is 3.50. The maximum Gasteiger partial charge on any atom is 0.415 e. The highest BCUT2D eigenvalue weighted by Crippen LogP contribution is 2.23. The van der Waals surface area contributed by atoms with Crippen molar-refractivity contribution in [2.24, 2.45) is 0 Å². The number of rotatable bonds is 2. The van der Waals surface area contributed by atoms with E-state index in [0.717, 1.165) is 18.7 Å². The van der Waals surface area contributed by atoms with Crippen LogP contribution in [0.5, 0.6) is 5.75 Å². The summed E-state index contributed by atoms with van der Waals surface area (Å²) in [6.45, 7) is 2.12. The van der Waals surface area contributed by atoms with Gasteiger partial charge in [0.15, 0.2) is 5.75 Å². The number of aromatic nitrogens is 1. The highest BCUT2D eigenvalue weighted by molar-refractivity contribution is 5.71. The fourth-order valence-corrected chi connectivity index (χ4v) is 2.46. The van der Waals surface area contributed by atoms with Crippen molar-refractivity contribution in [1.82, 2.24) is 15.2 Å². The van der Waals surface area contributed by atoms with Crippen LogP contribution in [0.15, 0.2) is 54.9 Å². The SMILES string of the molecule is O=C(Oc1cccnc1)N1CCNC[C@H]1c1ccccc1. The molecule has 2 aromatic rings. The van der Waals surface area contributed by atoms with Crippen molar-refractivity contribution in [1.29, 1.82) is 0 Å².